The number of aromatic amines is 1. The van der Waals surface area contributed by atoms with Crippen LogP contribution in [0.3, 0.4) is 0 Å². The molecular weight excluding hydrogens is 350 g/mol. The van der Waals surface area contributed by atoms with Gasteiger partial charge < -0.3 is 5.32 Å². The van der Waals surface area contributed by atoms with Crippen LogP contribution in [0.1, 0.15) is 23.0 Å². The van der Waals surface area contributed by atoms with Crippen LogP contribution in [0.4, 0.5) is 5.69 Å². The van der Waals surface area contributed by atoms with Crippen molar-refractivity contribution in [3.05, 3.63) is 93.0 Å². The molecule has 2 N–H and O–H groups in total. The molecule has 1 heterocycles. The van der Waals surface area contributed by atoms with E-state index in [0.717, 1.165) is 5.69 Å². The summed E-state index contributed by atoms with van der Waals surface area (Å²) in [5.41, 5.74) is 2.41. The van der Waals surface area contributed by atoms with Gasteiger partial charge in [0.05, 0.1) is 5.69 Å². The molecule has 132 valence electrons. The minimum absolute atomic E-state index is 0.131. The van der Waals surface area contributed by atoms with Gasteiger partial charge in [0, 0.05) is 28.2 Å². The summed E-state index contributed by atoms with van der Waals surface area (Å²) in [5.74, 6) is -0.350. The van der Waals surface area contributed by atoms with Gasteiger partial charge in [-0.3, -0.25) is 14.7 Å². The highest BCUT2D eigenvalue weighted by Crippen LogP contribution is 2.15. The highest BCUT2D eigenvalue weighted by atomic mass is 35.5. The van der Waals surface area contributed by atoms with Crippen molar-refractivity contribution in [3.8, 4) is 5.69 Å². The van der Waals surface area contributed by atoms with E-state index < -0.39 is 0 Å². The molecule has 6 heteroatoms. The molecule has 0 fully saturated rings. The van der Waals surface area contributed by atoms with E-state index in [-0.39, 0.29) is 16.9 Å². The molecule has 0 aliphatic heterocycles. The van der Waals surface area contributed by atoms with Crippen LogP contribution in [0.5, 0.6) is 0 Å². The lowest BCUT2D eigenvalue weighted by Gasteiger charge is -2.06. The minimum atomic E-state index is -0.366. The molecule has 0 bridgehead atoms. The molecule has 0 saturated carbocycles. The van der Waals surface area contributed by atoms with Crippen molar-refractivity contribution in [1.82, 2.24) is 9.78 Å². The third-order valence-electron chi connectivity index (χ3n) is 3.87. The van der Waals surface area contributed by atoms with E-state index in [0.29, 0.717) is 22.1 Å². The predicted molar refractivity (Wildman–Crippen MR) is 104 cm³/mol. The second-order valence-electron chi connectivity index (χ2n) is 5.91. The van der Waals surface area contributed by atoms with Crippen LogP contribution >= 0.6 is 11.6 Å². The first-order valence-corrected chi connectivity index (χ1v) is 8.46. The number of halogens is 1. The van der Waals surface area contributed by atoms with Gasteiger partial charge >= 0.3 is 0 Å². The van der Waals surface area contributed by atoms with Crippen molar-refractivity contribution in [2.24, 2.45) is 0 Å². The smallest absolute Gasteiger partial charge is 0.282 e. The molecule has 0 amide bonds. The van der Waals surface area contributed by atoms with Crippen LogP contribution in [0, 0.1) is 6.92 Å². The van der Waals surface area contributed by atoms with E-state index in [4.69, 9.17) is 11.6 Å². The maximum Gasteiger partial charge on any atom is 0.282 e. The summed E-state index contributed by atoms with van der Waals surface area (Å²) in [7, 11) is 0. The van der Waals surface area contributed by atoms with Crippen LogP contribution < -0.4 is 10.9 Å². The number of nitrogens with zero attached hydrogens (tertiary/aromatic N) is 1. The van der Waals surface area contributed by atoms with Gasteiger partial charge in [-0.15, -0.1) is 0 Å². The number of hydrogen-bond donors (Lipinski definition) is 2. The largest absolute Gasteiger partial charge is 0.359 e. The van der Waals surface area contributed by atoms with Crippen LogP contribution in [0.25, 0.3) is 5.69 Å². The van der Waals surface area contributed by atoms with E-state index in [9.17, 15) is 9.59 Å². The summed E-state index contributed by atoms with van der Waals surface area (Å²) in [4.78, 5) is 25.3. The summed E-state index contributed by atoms with van der Waals surface area (Å²) < 4.78 is 1.37. The number of aromatic nitrogens is 2. The Hall–Kier alpha value is -3.05. The molecule has 3 rings (SSSR count). The lowest BCUT2D eigenvalue weighted by molar-refractivity contribution is 0.104. The van der Waals surface area contributed by atoms with Crippen molar-refractivity contribution >= 4 is 23.1 Å². The number of rotatable bonds is 5. The molecule has 0 saturated heterocycles. The van der Waals surface area contributed by atoms with E-state index >= 15 is 0 Å². The number of allylic oxidation sites excluding steroid dienone is 2. The Morgan fingerprint density at radius 2 is 1.77 bits per heavy atom. The standard InChI is InChI=1S/C20H18ClN3O2/c1-13(22-16-10-8-15(21)9-11-16)12-18(25)19-14(2)23-24(20(19)26)17-6-4-3-5-7-17/h3-12,22-23H,1-2H3/b13-12-. The first kappa shape index (κ1) is 17.8. The first-order chi connectivity index (χ1) is 12.5. The maximum atomic E-state index is 12.7. The Bertz CT molecular complexity index is 1020. The Balaban J connectivity index is 1.87. The maximum absolute atomic E-state index is 12.7. The monoisotopic (exact) mass is 367 g/mol. The summed E-state index contributed by atoms with van der Waals surface area (Å²) in [6.45, 7) is 3.48. The fourth-order valence-corrected chi connectivity index (χ4v) is 2.79. The summed E-state index contributed by atoms with van der Waals surface area (Å²) in [5, 5.41) is 6.70. The van der Waals surface area contributed by atoms with Crippen LogP contribution in [-0.2, 0) is 0 Å². The number of ketones is 1. The van der Waals surface area contributed by atoms with E-state index in [1.54, 1.807) is 38.1 Å². The number of aryl methyl sites for hydroxylation is 1. The molecule has 1 aromatic heterocycles. The zero-order chi connectivity index (χ0) is 18.7. The highest BCUT2D eigenvalue weighted by Gasteiger charge is 2.18. The Labute approximate surface area is 155 Å². The normalized spacial score (nSPS) is 11.4. The number of benzene rings is 2. The molecule has 0 aliphatic rings. The molecule has 0 aliphatic carbocycles. The van der Waals surface area contributed by atoms with Crippen molar-refractivity contribution in [3.63, 3.8) is 0 Å². The molecular formula is C20H18ClN3O2. The molecule has 0 atom stereocenters. The first-order valence-electron chi connectivity index (χ1n) is 8.08. The van der Waals surface area contributed by atoms with E-state index in [1.165, 1.54) is 10.8 Å². The second-order valence-corrected chi connectivity index (χ2v) is 6.35. The van der Waals surface area contributed by atoms with Gasteiger partial charge in [-0.1, -0.05) is 29.8 Å². The Morgan fingerprint density at radius 3 is 2.42 bits per heavy atom. The van der Waals surface area contributed by atoms with Gasteiger partial charge in [-0.2, -0.15) is 0 Å². The quantitative estimate of drug-likeness (QED) is 0.521. The number of H-pyrrole nitrogens is 1. The molecule has 0 spiro atoms. The topological polar surface area (TPSA) is 66.9 Å². The van der Waals surface area contributed by atoms with Gasteiger partial charge in [-0.05, 0) is 50.2 Å². The average Bonchev–Trinajstić information content (AvgIpc) is 2.92. The third kappa shape index (κ3) is 3.78. The number of hydrogen-bond acceptors (Lipinski definition) is 3. The number of anilines is 1. The minimum Gasteiger partial charge on any atom is -0.359 e. The summed E-state index contributed by atoms with van der Waals surface area (Å²) in [6.07, 6.45) is 1.42. The SMILES string of the molecule is C/C(=C/C(=O)c1c(C)[nH]n(-c2ccccc2)c1=O)Nc1ccc(Cl)cc1. The Kier molecular flexibility index (Phi) is 5.09. The van der Waals surface area contributed by atoms with Crippen molar-refractivity contribution in [1.29, 1.82) is 0 Å². The molecule has 0 radical (unpaired) electrons. The Morgan fingerprint density at radius 1 is 1.12 bits per heavy atom. The number of nitrogens with one attached hydrogen (secondary N) is 2. The fraction of sp³-hybridized carbons (Fsp3) is 0.100. The van der Waals surface area contributed by atoms with Gasteiger partial charge in [0.25, 0.3) is 5.56 Å². The number of carbonyl (C=O) groups excluding carboxylic acids is 1. The average molecular weight is 368 g/mol. The fourth-order valence-electron chi connectivity index (χ4n) is 2.66. The van der Waals surface area contributed by atoms with Gasteiger partial charge in [0.1, 0.15) is 5.56 Å². The molecule has 26 heavy (non-hydrogen) atoms. The number of carbonyl (C=O) groups is 1. The highest BCUT2D eigenvalue weighted by molar-refractivity contribution is 6.30. The molecule has 3 aromatic rings. The van der Waals surface area contributed by atoms with Gasteiger partial charge in [0.2, 0.25) is 0 Å². The summed E-state index contributed by atoms with van der Waals surface area (Å²) >= 11 is 5.86. The third-order valence-corrected chi connectivity index (χ3v) is 4.12. The molecule has 2 aromatic carbocycles. The van der Waals surface area contributed by atoms with Gasteiger partial charge in [0.15, 0.2) is 5.78 Å². The zero-order valence-corrected chi connectivity index (χ0v) is 15.2. The molecule has 5 nitrogen and oxygen atoms in total. The van der Waals surface area contributed by atoms with Crippen molar-refractivity contribution < 1.29 is 4.79 Å². The number of para-hydroxylation sites is 1. The second kappa shape index (κ2) is 7.45. The zero-order valence-electron chi connectivity index (χ0n) is 14.4. The lowest BCUT2D eigenvalue weighted by atomic mass is 10.1. The van der Waals surface area contributed by atoms with E-state index in [1.807, 2.05) is 30.3 Å². The van der Waals surface area contributed by atoms with Crippen LogP contribution in [0.15, 0.2) is 71.2 Å². The van der Waals surface area contributed by atoms with Crippen LogP contribution in [0.2, 0.25) is 5.02 Å². The van der Waals surface area contributed by atoms with Crippen LogP contribution in [-0.4, -0.2) is 15.6 Å². The van der Waals surface area contributed by atoms with Gasteiger partial charge in [-0.25, -0.2) is 4.68 Å². The van der Waals surface area contributed by atoms with E-state index in [2.05, 4.69) is 10.4 Å². The van der Waals surface area contributed by atoms with Crippen molar-refractivity contribution in [2.45, 2.75) is 13.8 Å². The lowest BCUT2D eigenvalue weighted by Crippen LogP contribution is -2.20. The summed E-state index contributed by atoms with van der Waals surface area (Å²) in [6, 6.07) is 16.3. The van der Waals surface area contributed by atoms with Crippen molar-refractivity contribution in [2.75, 3.05) is 5.32 Å². The predicted octanol–water partition coefficient (Wildman–Crippen LogP) is 4.33. The molecule has 0 unspecified atom stereocenters.